The predicted octanol–water partition coefficient (Wildman–Crippen LogP) is 5.05. The lowest BCUT2D eigenvalue weighted by Crippen LogP contribution is -2.15. The van der Waals surface area contributed by atoms with E-state index in [0.717, 1.165) is 34.8 Å². The Bertz CT molecular complexity index is 800. The Morgan fingerprint density at radius 1 is 1.12 bits per heavy atom. The molecular formula is C19H20INO3S. The molecule has 0 radical (unpaired) electrons. The van der Waals surface area contributed by atoms with Crippen molar-refractivity contribution >= 4 is 50.8 Å². The van der Waals surface area contributed by atoms with Crippen molar-refractivity contribution in [1.29, 1.82) is 0 Å². The van der Waals surface area contributed by atoms with E-state index in [2.05, 4.69) is 27.9 Å². The third-order valence-electron chi connectivity index (χ3n) is 4.41. The second kappa shape index (κ2) is 8.31. The van der Waals surface area contributed by atoms with E-state index >= 15 is 0 Å². The van der Waals surface area contributed by atoms with Crippen molar-refractivity contribution < 1.29 is 14.3 Å². The van der Waals surface area contributed by atoms with E-state index in [-0.39, 0.29) is 11.9 Å². The van der Waals surface area contributed by atoms with E-state index in [1.807, 2.05) is 18.2 Å². The summed E-state index contributed by atoms with van der Waals surface area (Å²) in [5.41, 5.74) is 2.22. The molecule has 3 rings (SSSR count). The van der Waals surface area contributed by atoms with Gasteiger partial charge in [-0.15, -0.1) is 11.3 Å². The van der Waals surface area contributed by atoms with Crippen molar-refractivity contribution in [3.8, 4) is 0 Å². The molecule has 0 saturated carbocycles. The van der Waals surface area contributed by atoms with Crippen LogP contribution in [0, 0.1) is 3.57 Å². The standard InChI is InChI=1S/C19H20INO3S/c1-24-19(23)16-13-9-4-2-3-5-11-15(13)25-18(16)21-17(22)12-8-6-7-10-14(12)20/h6-8,10H,2-5,9,11H2,1H3,(H,21,22). The van der Waals surface area contributed by atoms with Gasteiger partial charge in [-0.3, -0.25) is 4.79 Å². The quantitative estimate of drug-likeness (QED) is 0.506. The van der Waals surface area contributed by atoms with Crippen LogP contribution in [0.2, 0.25) is 0 Å². The number of ether oxygens (including phenoxy) is 1. The lowest BCUT2D eigenvalue weighted by Gasteiger charge is -2.11. The number of halogens is 1. The first-order valence-electron chi connectivity index (χ1n) is 8.40. The Balaban J connectivity index is 1.97. The Labute approximate surface area is 165 Å². The highest BCUT2D eigenvalue weighted by molar-refractivity contribution is 14.1. The van der Waals surface area contributed by atoms with Gasteiger partial charge in [-0.05, 0) is 66.0 Å². The zero-order valence-corrected chi connectivity index (χ0v) is 17.0. The average Bonchev–Trinajstić information content (AvgIpc) is 2.91. The lowest BCUT2D eigenvalue weighted by atomic mass is 9.96. The van der Waals surface area contributed by atoms with E-state index in [1.54, 1.807) is 6.07 Å². The van der Waals surface area contributed by atoms with E-state index in [1.165, 1.54) is 36.2 Å². The summed E-state index contributed by atoms with van der Waals surface area (Å²) in [6.45, 7) is 0. The maximum absolute atomic E-state index is 12.7. The summed E-state index contributed by atoms with van der Waals surface area (Å²) in [7, 11) is 1.39. The van der Waals surface area contributed by atoms with Crippen molar-refractivity contribution in [2.45, 2.75) is 38.5 Å². The van der Waals surface area contributed by atoms with Crippen LogP contribution in [0.15, 0.2) is 24.3 Å². The monoisotopic (exact) mass is 469 g/mol. The Kier molecular flexibility index (Phi) is 6.11. The number of methoxy groups -OCH3 is 1. The molecule has 0 atom stereocenters. The van der Waals surface area contributed by atoms with Gasteiger partial charge >= 0.3 is 5.97 Å². The summed E-state index contributed by atoms with van der Waals surface area (Å²) in [6.07, 6.45) is 6.42. The summed E-state index contributed by atoms with van der Waals surface area (Å²) in [5, 5.41) is 3.57. The van der Waals surface area contributed by atoms with Gasteiger partial charge in [0.05, 0.1) is 18.2 Å². The van der Waals surface area contributed by atoms with Crippen LogP contribution in [0.25, 0.3) is 0 Å². The molecule has 1 amide bonds. The Hall–Kier alpha value is -1.41. The number of carbonyl (C=O) groups excluding carboxylic acids is 2. The highest BCUT2D eigenvalue weighted by Gasteiger charge is 2.26. The molecule has 1 aromatic carbocycles. The molecular weight excluding hydrogens is 449 g/mol. The van der Waals surface area contributed by atoms with Gasteiger partial charge in [0.15, 0.2) is 0 Å². The number of amides is 1. The fourth-order valence-corrected chi connectivity index (χ4v) is 5.05. The highest BCUT2D eigenvalue weighted by atomic mass is 127. The summed E-state index contributed by atoms with van der Waals surface area (Å²) in [6, 6.07) is 7.42. The van der Waals surface area contributed by atoms with E-state index in [9.17, 15) is 9.59 Å². The molecule has 1 heterocycles. The molecule has 0 spiro atoms. The minimum Gasteiger partial charge on any atom is -0.465 e. The number of hydrogen-bond acceptors (Lipinski definition) is 4. The van der Waals surface area contributed by atoms with Crippen LogP contribution in [0.3, 0.4) is 0 Å². The summed E-state index contributed by atoms with van der Waals surface area (Å²) in [4.78, 5) is 26.3. The molecule has 4 nitrogen and oxygen atoms in total. The van der Waals surface area contributed by atoms with Gasteiger partial charge in [0.25, 0.3) is 5.91 Å². The molecule has 25 heavy (non-hydrogen) atoms. The maximum Gasteiger partial charge on any atom is 0.341 e. The van der Waals surface area contributed by atoms with Crippen molar-refractivity contribution in [2.24, 2.45) is 0 Å². The topological polar surface area (TPSA) is 55.4 Å². The summed E-state index contributed by atoms with van der Waals surface area (Å²) in [5.74, 6) is -0.555. The van der Waals surface area contributed by atoms with E-state index < -0.39 is 0 Å². The van der Waals surface area contributed by atoms with Crippen molar-refractivity contribution in [3.05, 3.63) is 49.4 Å². The van der Waals surface area contributed by atoms with Crippen LogP contribution < -0.4 is 5.32 Å². The molecule has 132 valence electrons. The normalized spacial score (nSPS) is 14.2. The number of anilines is 1. The first kappa shape index (κ1) is 18.4. The van der Waals surface area contributed by atoms with Crippen LogP contribution in [-0.4, -0.2) is 19.0 Å². The minimum absolute atomic E-state index is 0.190. The predicted molar refractivity (Wildman–Crippen MR) is 109 cm³/mol. The maximum atomic E-state index is 12.7. The Morgan fingerprint density at radius 2 is 1.84 bits per heavy atom. The number of aryl methyl sites for hydroxylation is 1. The van der Waals surface area contributed by atoms with Gasteiger partial charge in [-0.1, -0.05) is 25.0 Å². The number of esters is 1. The van der Waals surface area contributed by atoms with Crippen LogP contribution in [-0.2, 0) is 17.6 Å². The molecule has 0 bridgehead atoms. The lowest BCUT2D eigenvalue weighted by molar-refractivity contribution is 0.0601. The largest absolute Gasteiger partial charge is 0.465 e. The number of carbonyl (C=O) groups is 2. The Morgan fingerprint density at radius 3 is 2.56 bits per heavy atom. The summed E-state index contributed by atoms with van der Waals surface area (Å²) >= 11 is 3.67. The number of benzene rings is 1. The van der Waals surface area contributed by atoms with Gasteiger partial charge in [-0.2, -0.15) is 0 Å². The second-order valence-corrected chi connectivity index (χ2v) is 8.32. The van der Waals surface area contributed by atoms with E-state index in [4.69, 9.17) is 4.74 Å². The van der Waals surface area contributed by atoms with Crippen LogP contribution in [0.1, 0.15) is 56.8 Å². The number of fused-ring (bicyclic) bond motifs is 1. The van der Waals surface area contributed by atoms with Gasteiger partial charge in [0.1, 0.15) is 5.00 Å². The summed E-state index contributed by atoms with van der Waals surface area (Å²) < 4.78 is 5.88. The molecule has 6 heteroatoms. The highest BCUT2D eigenvalue weighted by Crippen LogP contribution is 2.37. The van der Waals surface area contributed by atoms with Crippen LogP contribution >= 0.6 is 33.9 Å². The molecule has 1 aromatic heterocycles. The van der Waals surface area contributed by atoms with Crippen LogP contribution in [0.5, 0.6) is 0 Å². The third-order valence-corrected chi connectivity index (χ3v) is 6.55. The molecule has 1 aliphatic rings. The molecule has 0 unspecified atom stereocenters. The molecule has 1 aliphatic carbocycles. The van der Waals surface area contributed by atoms with Crippen molar-refractivity contribution in [3.63, 3.8) is 0 Å². The van der Waals surface area contributed by atoms with Gasteiger partial charge in [0.2, 0.25) is 0 Å². The average molecular weight is 469 g/mol. The van der Waals surface area contributed by atoms with Crippen molar-refractivity contribution in [2.75, 3.05) is 12.4 Å². The molecule has 0 aliphatic heterocycles. The molecule has 2 aromatic rings. The van der Waals surface area contributed by atoms with Gasteiger partial charge < -0.3 is 10.1 Å². The van der Waals surface area contributed by atoms with Gasteiger partial charge in [-0.25, -0.2) is 4.79 Å². The van der Waals surface area contributed by atoms with Crippen LogP contribution in [0.4, 0.5) is 5.00 Å². The van der Waals surface area contributed by atoms with Gasteiger partial charge in [0, 0.05) is 8.45 Å². The van der Waals surface area contributed by atoms with Crippen molar-refractivity contribution in [1.82, 2.24) is 0 Å². The number of thiophene rings is 1. The second-order valence-electron chi connectivity index (χ2n) is 6.05. The molecule has 1 N–H and O–H groups in total. The first-order valence-corrected chi connectivity index (χ1v) is 10.3. The molecule has 0 saturated heterocycles. The fourth-order valence-electron chi connectivity index (χ4n) is 3.14. The third kappa shape index (κ3) is 4.06. The SMILES string of the molecule is COC(=O)c1c(NC(=O)c2ccccc2I)sc2c1CCCCCC2. The number of nitrogens with one attached hydrogen (secondary N) is 1. The minimum atomic E-state index is -0.365. The first-order chi connectivity index (χ1) is 12.1. The zero-order chi connectivity index (χ0) is 17.8. The van der Waals surface area contributed by atoms with E-state index in [0.29, 0.717) is 16.1 Å². The fraction of sp³-hybridized carbons (Fsp3) is 0.368. The smallest absolute Gasteiger partial charge is 0.341 e. The number of hydrogen-bond donors (Lipinski definition) is 1. The number of rotatable bonds is 3. The zero-order valence-electron chi connectivity index (χ0n) is 14.1. The molecule has 0 fully saturated rings.